The van der Waals surface area contributed by atoms with Crippen molar-refractivity contribution in [2.24, 2.45) is 0 Å². The molecule has 0 bridgehead atoms. The molecule has 0 aliphatic carbocycles. The van der Waals surface area contributed by atoms with Crippen LogP contribution in [0.25, 0.3) is 0 Å². The summed E-state index contributed by atoms with van der Waals surface area (Å²) in [6.07, 6.45) is 3.70. The van der Waals surface area contributed by atoms with Crippen molar-refractivity contribution in [1.29, 1.82) is 0 Å². The van der Waals surface area contributed by atoms with E-state index in [0.717, 1.165) is 6.42 Å². The number of methoxy groups -OCH3 is 1. The number of hydrogen-bond acceptors (Lipinski definition) is 5. The first-order valence-electron chi connectivity index (χ1n) is 5.27. The Bertz CT molecular complexity index is 503. The molecule has 0 radical (unpaired) electrons. The first kappa shape index (κ1) is 11.3. The topological polar surface area (TPSA) is 85.7 Å². The van der Waals surface area contributed by atoms with Gasteiger partial charge in [-0.1, -0.05) is 6.92 Å². The number of carbonyl (C=O) groups excluding carboxylic acids is 1. The Balaban J connectivity index is 2.42. The fourth-order valence-corrected chi connectivity index (χ4v) is 1.56. The lowest BCUT2D eigenvalue weighted by molar-refractivity contribution is 0.101. The lowest BCUT2D eigenvalue weighted by atomic mass is 10.2. The molecular weight excluding hydrogens is 222 g/mol. The lowest BCUT2D eigenvalue weighted by Gasteiger charge is -2.05. The van der Waals surface area contributed by atoms with Gasteiger partial charge in [0.15, 0.2) is 17.3 Å². The van der Waals surface area contributed by atoms with Crippen LogP contribution in [0.2, 0.25) is 0 Å². The van der Waals surface area contributed by atoms with Crippen molar-refractivity contribution in [3.05, 3.63) is 24.0 Å². The molecule has 90 valence electrons. The molecule has 0 saturated heterocycles. The highest BCUT2D eigenvalue weighted by atomic mass is 16.5. The van der Waals surface area contributed by atoms with Gasteiger partial charge in [0.1, 0.15) is 6.33 Å². The van der Waals surface area contributed by atoms with Crippen LogP contribution in [-0.2, 0) is 6.54 Å². The number of nitrogens with zero attached hydrogens (tertiary/aromatic N) is 4. The number of aryl methyl sites for hydroxylation is 1. The van der Waals surface area contributed by atoms with Gasteiger partial charge in [-0.05, 0) is 6.42 Å². The third-order valence-corrected chi connectivity index (χ3v) is 2.31. The average molecular weight is 235 g/mol. The summed E-state index contributed by atoms with van der Waals surface area (Å²) in [7, 11) is 1.50. The Labute approximate surface area is 97.8 Å². The van der Waals surface area contributed by atoms with Crippen molar-refractivity contribution < 1.29 is 9.53 Å². The van der Waals surface area contributed by atoms with Gasteiger partial charge in [-0.25, -0.2) is 4.98 Å². The van der Waals surface area contributed by atoms with Crippen molar-refractivity contribution in [2.75, 3.05) is 7.11 Å². The largest absolute Gasteiger partial charge is 0.493 e. The van der Waals surface area contributed by atoms with Gasteiger partial charge in [-0.3, -0.25) is 14.6 Å². The van der Waals surface area contributed by atoms with E-state index in [2.05, 4.69) is 20.3 Å². The average Bonchev–Trinajstić information content (AvgIpc) is 2.97. The van der Waals surface area contributed by atoms with Crippen molar-refractivity contribution in [3.8, 4) is 5.75 Å². The summed E-state index contributed by atoms with van der Waals surface area (Å²) in [5, 5.41) is 10.3. The number of ketones is 1. The predicted molar refractivity (Wildman–Crippen MR) is 58.9 cm³/mol. The molecule has 17 heavy (non-hydrogen) atoms. The SMILES string of the molecule is CCCn1ncc(OC)c1C(=O)c1ncn[nH]1. The van der Waals surface area contributed by atoms with Gasteiger partial charge in [-0.2, -0.15) is 10.2 Å². The van der Waals surface area contributed by atoms with Crippen molar-refractivity contribution >= 4 is 5.78 Å². The normalized spacial score (nSPS) is 10.5. The highest BCUT2D eigenvalue weighted by molar-refractivity contribution is 6.07. The first-order valence-corrected chi connectivity index (χ1v) is 5.27. The molecule has 0 aliphatic heterocycles. The van der Waals surface area contributed by atoms with Crippen LogP contribution in [0.15, 0.2) is 12.5 Å². The summed E-state index contributed by atoms with van der Waals surface area (Å²) in [5.41, 5.74) is 0.395. The van der Waals surface area contributed by atoms with E-state index in [1.54, 1.807) is 4.68 Å². The molecule has 7 nitrogen and oxygen atoms in total. The van der Waals surface area contributed by atoms with Gasteiger partial charge in [0, 0.05) is 6.54 Å². The van der Waals surface area contributed by atoms with Crippen LogP contribution in [0.3, 0.4) is 0 Å². The third-order valence-electron chi connectivity index (χ3n) is 2.31. The first-order chi connectivity index (χ1) is 8.27. The van der Waals surface area contributed by atoms with Crippen LogP contribution in [-0.4, -0.2) is 37.9 Å². The highest BCUT2D eigenvalue weighted by Crippen LogP contribution is 2.20. The van der Waals surface area contributed by atoms with Crippen molar-refractivity contribution in [3.63, 3.8) is 0 Å². The lowest BCUT2D eigenvalue weighted by Crippen LogP contribution is -2.13. The summed E-state index contributed by atoms with van der Waals surface area (Å²) < 4.78 is 6.74. The van der Waals surface area contributed by atoms with E-state index in [-0.39, 0.29) is 11.6 Å². The molecule has 0 amide bonds. The van der Waals surface area contributed by atoms with Crippen molar-refractivity contribution in [2.45, 2.75) is 19.9 Å². The Hall–Kier alpha value is -2.18. The summed E-state index contributed by atoms with van der Waals surface area (Å²) >= 11 is 0. The maximum absolute atomic E-state index is 12.2. The summed E-state index contributed by atoms with van der Waals surface area (Å²) in [6.45, 7) is 2.66. The fourth-order valence-electron chi connectivity index (χ4n) is 1.56. The number of nitrogens with one attached hydrogen (secondary N) is 1. The number of aromatic amines is 1. The van der Waals surface area contributed by atoms with E-state index >= 15 is 0 Å². The van der Waals surface area contributed by atoms with E-state index in [1.807, 2.05) is 6.92 Å². The molecular formula is C10H13N5O2. The van der Waals surface area contributed by atoms with Crippen LogP contribution in [0.5, 0.6) is 5.75 Å². The van der Waals surface area contributed by atoms with Gasteiger partial charge in [0.25, 0.3) is 5.78 Å². The van der Waals surface area contributed by atoms with E-state index in [1.165, 1.54) is 19.6 Å². The minimum atomic E-state index is -0.273. The van der Waals surface area contributed by atoms with Gasteiger partial charge >= 0.3 is 0 Å². The molecule has 2 heterocycles. The van der Waals surface area contributed by atoms with Gasteiger partial charge in [0.2, 0.25) is 0 Å². The minimum absolute atomic E-state index is 0.182. The maximum Gasteiger partial charge on any atom is 0.251 e. The summed E-state index contributed by atoms with van der Waals surface area (Å²) in [4.78, 5) is 16.0. The molecule has 0 spiro atoms. The second-order valence-corrected chi connectivity index (χ2v) is 3.45. The van der Waals surface area contributed by atoms with E-state index in [9.17, 15) is 4.79 Å². The van der Waals surface area contributed by atoms with E-state index < -0.39 is 0 Å². The second-order valence-electron chi connectivity index (χ2n) is 3.45. The standard InChI is InChI=1S/C10H13N5O2/c1-3-4-15-8(7(17-2)5-13-15)9(16)10-11-6-12-14-10/h5-6H,3-4H2,1-2H3,(H,11,12,14). The molecule has 0 aliphatic rings. The Morgan fingerprint density at radius 1 is 1.59 bits per heavy atom. The minimum Gasteiger partial charge on any atom is -0.493 e. The fraction of sp³-hybridized carbons (Fsp3) is 0.400. The Morgan fingerprint density at radius 2 is 2.41 bits per heavy atom. The molecule has 0 fully saturated rings. The molecule has 0 atom stereocenters. The summed E-state index contributed by atoms with van der Waals surface area (Å²) in [5.74, 6) is 0.353. The molecule has 1 N–H and O–H groups in total. The number of carbonyl (C=O) groups is 1. The summed E-state index contributed by atoms with van der Waals surface area (Å²) in [6, 6.07) is 0. The van der Waals surface area contributed by atoms with E-state index in [0.29, 0.717) is 18.0 Å². The number of H-pyrrole nitrogens is 1. The molecule has 0 aromatic carbocycles. The van der Waals surface area contributed by atoms with Crippen LogP contribution in [0.4, 0.5) is 0 Å². The molecule has 2 aromatic rings. The van der Waals surface area contributed by atoms with Gasteiger partial charge in [-0.15, -0.1) is 0 Å². The highest BCUT2D eigenvalue weighted by Gasteiger charge is 2.22. The second kappa shape index (κ2) is 4.77. The molecule has 0 saturated carbocycles. The Morgan fingerprint density at radius 3 is 3.00 bits per heavy atom. The molecule has 7 heteroatoms. The van der Waals surface area contributed by atoms with Crippen molar-refractivity contribution in [1.82, 2.24) is 25.0 Å². The number of hydrogen-bond donors (Lipinski definition) is 1. The maximum atomic E-state index is 12.2. The molecule has 2 rings (SSSR count). The predicted octanol–water partition coefficient (Wildman–Crippen LogP) is 0.651. The molecule has 0 unspecified atom stereocenters. The third kappa shape index (κ3) is 2.03. The van der Waals surface area contributed by atoms with E-state index in [4.69, 9.17) is 4.74 Å². The number of rotatable bonds is 5. The van der Waals surface area contributed by atoms with Crippen LogP contribution >= 0.6 is 0 Å². The van der Waals surface area contributed by atoms with Crippen LogP contribution < -0.4 is 4.74 Å². The zero-order valence-corrected chi connectivity index (χ0v) is 9.67. The van der Waals surface area contributed by atoms with Crippen LogP contribution in [0, 0.1) is 0 Å². The smallest absolute Gasteiger partial charge is 0.251 e. The molecule has 2 aromatic heterocycles. The van der Waals surface area contributed by atoms with Gasteiger partial charge in [0.05, 0.1) is 13.3 Å². The monoisotopic (exact) mass is 235 g/mol. The number of ether oxygens (including phenoxy) is 1. The van der Waals surface area contributed by atoms with Crippen LogP contribution in [0.1, 0.15) is 29.7 Å². The zero-order chi connectivity index (χ0) is 12.3. The number of aromatic nitrogens is 5. The van der Waals surface area contributed by atoms with Gasteiger partial charge < -0.3 is 4.74 Å². The Kier molecular flexibility index (Phi) is 3.17. The zero-order valence-electron chi connectivity index (χ0n) is 9.67. The quantitative estimate of drug-likeness (QED) is 0.769.